The number of ether oxygens (including phenoxy) is 13. The second kappa shape index (κ2) is 22.0. The van der Waals surface area contributed by atoms with Crippen LogP contribution in [0.4, 0.5) is 0 Å². The summed E-state index contributed by atoms with van der Waals surface area (Å²) in [5.41, 5.74) is 0.251. The molecule has 0 radical (unpaired) electrons. The Morgan fingerprint density at radius 3 is 1.30 bits per heavy atom. The first-order valence-corrected chi connectivity index (χ1v) is 29.6. The van der Waals surface area contributed by atoms with E-state index in [1.165, 1.54) is 44.9 Å². The number of epoxide rings is 8. The van der Waals surface area contributed by atoms with Gasteiger partial charge in [0.1, 0.15) is 0 Å². The highest BCUT2D eigenvalue weighted by Gasteiger charge is 2.55. The Morgan fingerprint density at radius 2 is 0.822 bits per heavy atom. The van der Waals surface area contributed by atoms with E-state index >= 15 is 0 Å². The van der Waals surface area contributed by atoms with Crippen molar-refractivity contribution in [3.63, 3.8) is 0 Å². The van der Waals surface area contributed by atoms with Gasteiger partial charge < -0.3 is 61.6 Å². The third-order valence-electron chi connectivity index (χ3n) is 19.9. The maximum absolute atomic E-state index is 12.0. The summed E-state index contributed by atoms with van der Waals surface area (Å²) in [4.78, 5) is 35.6. The van der Waals surface area contributed by atoms with Gasteiger partial charge in [0.15, 0.2) is 6.29 Å². The quantitative estimate of drug-likeness (QED) is 0.0729. The van der Waals surface area contributed by atoms with Crippen molar-refractivity contribution in [3.05, 3.63) is 0 Å². The molecule has 0 bridgehead atoms. The summed E-state index contributed by atoms with van der Waals surface area (Å²) in [6.45, 7) is 4.38. The Balaban J connectivity index is 0.0000000981. The van der Waals surface area contributed by atoms with Crippen molar-refractivity contribution in [3.8, 4) is 0 Å². The maximum atomic E-state index is 12.0. The van der Waals surface area contributed by atoms with Crippen molar-refractivity contribution < 1.29 is 76.0 Å². The molecule has 1 spiro atoms. The smallest absolute Gasteiger partial charge is 0.309 e. The van der Waals surface area contributed by atoms with E-state index in [-0.39, 0.29) is 35.5 Å². The minimum Gasteiger partial charge on any atom is -0.465 e. The summed E-state index contributed by atoms with van der Waals surface area (Å²) < 4.78 is 72.3. The lowest BCUT2D eigenvalue weighted by Gasteiger charge is -2.43. The summed E-state index contributed by atoms with van der Waals surface area (Å²) in [5, 5.41) is 0. The third-order valence-corrected chi connectivity index (χ3v) is 19.9. The van der Waals surface area contributed by atoms with Gasteiger partial charge in [0, 0.05) is 24.2 Å². The molecular formula is C57H84O16. The van der Waals surface area contributed by atoms with Crippen molar-refractivity contribution in [1.29, 1.82) is 0 Å². The molecule has 9 saturated heterocycles. The molecule has 7 aliphatic carbocycles. The number of carbonyl (C=O) groups excluding carboxylic acids is 3. The number of rotatable bonds is 14. The van der Waals surface area contributed by atoms with E-state index in [4.69, 9.17) is 61.6 Å². The summed E-state index contributed by atoms with van der Waals surface area (Å²) in [7, 11) is 0. The van der Waals surface area contributed by atoms with Crippen LogP contribution in [0.1, 0.15) is 161 Å². The monoisotopic (exact) mass is 1020 g/mol. The molecule has 9 heterocycles. The molecule has 0 aromatic heterocycles. The van der Waals surface area contributed by atoms with Gasteiger partial charge in [-0.05, 0) is 171 Å². The molecule has 21 unspecified atom stereocenters. The minimum absolute atomic E-state index is 0.00258. The van der Waals surface area contributed by atoms with Crippen LogP contribution >= 0.6 is 0 Å². The number of unbranched alkanes of at least 4 members (excludes halogenated alkanes) is 1. The van der Waals surface area contributed by atoms with Gasteiger partial charge in [-0.15, -0.1) is 0 Å². The number of carbonyl (C=O) groups is 3. The Labute approximate surface area is 431 Å². The van der Waals surface area contributed by atoms with Crippen LogP contribution in [0.3, 0.4) is 0 Å². The molecule has 16 aliphatic rings. The molecule has 408 valence electrons. The number of hydrogen-bond acceptors (Lipinski definition) is 16. The lowest BCUT2D eigenvalue weighted by Crippen LogP contribution is -2.47. The molecule has 9 aliphatic heterocycles. The van der Waals surface area contributed by atoms with Crippen molar-refractivity contribution in [2.45, 2.75) is 258 Å². The van der Waals surface area contributed by atoms with E-state index in [2.05, 4.69) is 0 Å². The lowest BCUT2D eigenvalue weighted by atomic mass is 9.74. The number of hydrogen-bond donors (Lipinski definition) is 0. The summed E-state index contributed by atoms with van der Waals surface area (Å²) in [6.07, 6.45) is 33.4. The van der Waals surface area contributed by atoms with Crippen LogP contribution in [0.25, 0.3) is 0 Å². The van der Waals surface area contributed by atoms with Crippen LogP contribution < -0.4 is 0 Å². The molecule has 0 aromatic rings. The van der Waals surface area contributed by atoms with E-state index in [0.29, 0.717) is 161 Å². The van der Waals surface area contributed by atoms with Gasteiger partial charge in [-0.25, -0.2) is 0 Å². The zero-order valence-electron chi connectivity index (χ0n) is 43.2. The second-order valence-electron chi connectivity index (χ2n) is 25.5. The van der Waals surface area contributed by atoms with Crippen molar-refractivity contribution in [2.75, 3.05) is 39.6 Å². The fourth-order valence-corrected chi connectivity index (χ4v) is 14.5. The molecule has 0 N–H and O–H groups in total. The van der Waals surface area contributed by atoms with Gasteiger partial charge in [0.2, 0.25) is 0 Å². The van der Waals surface area contributed by atoms with Gasteiger partial charge in [-0.2, -0.15) is 0 Å². The topological polar surface area (TPSA) is 198 Å². The summed E-state index contributed by atoms with van der Waals surface area (Å²) in [5.74, 6) is 2.59. The largest absolute Gasteiger partial charge is 0.465 e. The minimum atomic E-state index is -0.154. The summed E-state index contributed by atoms with van der Waals surface area (Å²) >= 11 is 0. The van der Waals surface area contributed by atoms with E-state index in [1.54, 1.807) is 0 Å². The van der Waals surface area contributed by atoms with Crippen molar-refractivity contribution >= 4 is 17.9 Å². The van der Waals surface area contributed by atoms with Crippen LogP contribution in [0.2, 0.25) is 0 Å². The van der Waals surface area contributed by atoms with Crippen LogP contribution in [0.5, 0.6) is 0 Å². The highest BCUT2D eigenvalue weighted by Crippen LogP contribution is 2.50. The Bertz CT molecular complexity index is 1880. The molecule has 0 amide bonds. The first-order valence-electron chi connectivity index (χ1n) is 29.6. The molecule has 16 heteroatoms. The second-order valence-corrected chi connectivity index (χ2v) is 25.5. The summed E-state index contributed by atoms with van der Waals surface area (Å²) in [6, 6.07) is 0. The maximum Gasteiger partial charge on any atom is 0.309 e. The van der Waals surface area contributed by atoms with E-state index < -0.39 is 0 Å². The zero-order chi connectivity index (χ0) is 49.0. The molecule has 0 aromatic carbocycles. The molecule has 16 fully saturated rings. The van der Waals surface area contributed by atoms with E-state index in [9.17, 15) is 14.4 Å². The van der Waals surface area contributed by atoms with Crippen LogP contribution in [-0.4, -0.2) is 155 Å². The van der Waals surface area contributed by atoms with Crippen LogP contribution in [0.15, 0.2) is 0 Å². The van der Waals surface area contributed by atoms with Crippen molar-refractivity contribution in [2.24, 2.45) is 40.9 Å². The molecule has 7 saturated carbocycles. The average Bonchev–Trinajstić information content (AvgIpc) is 4.19. The molecular weight excluding hydrogens is 941 g/mol. The van der Waals surface area contributed by atoms with Gasteiger partial charge in [-0.1, -0.05) is 0 Å². The number of fused-ring (bicyclic) bond motifs is 7. The Hall–Kier alpha value is -1.99. The lowest BCUT2D eigenvalue weighted by molar-refractivity contribution is -0.257. The molecule has 16 nitrogen and oxygen atoms in total. The Kier molecular flexibility index (Phi) is 15.2. The van der Waals surface area contributed by atoms with Gasteiger partial charge >= 0.3 is 17.9 Å². The first-order chi connectivity index (χ1) is 35.7. The zero-order valence-corrected chi connectivity index (χ0v) is 43.2. The Morgan fingerprint density at radius 1 is 0.397 bits per heavy atom. The van der Waals surface area contributed by atoms with Gasteiger partial charge in [0.25, 0.3) is 0 Å². The average molecular weight is 1030 g/mol. The van der Waals surface area contributed by atoms with Gasteiger partial charge in [0.05, 0.1) is 137 Å². The van der Waals surface area contributed by atoms with E-state index in [0.717, 1.165) is 116 Å². The fraction of sp³-hybridized carbons (Fsp3) is 0.947. The van der Waals surface area contributed by atoms with E-state index in [1.807, 2.05) is 0 Å². The third kappa shape index (κ3) is 13.7. The highest BCUT2D eigenvalue weighted by atomic mass is 16.7. The standard InChI is InChI=1S/C20H30O6.C15H22O4.C14H20O4.C8H12O2/c21-19(23-11-13-5-7-15-17(9-13)25-15)3-1-2-4-20(22)24-12-14-6-8-16-18(10-14)26-16;1-2-10-12(18-10)5-9(1)14-16-7-15(8-17-14)4-3-11-13(6-15)19-11;15-14(9-2-4-11-13(6-9)18-11)16-7-8-1-3-10-12(5-8)17-10;1-2-6-7(10-6)3-5(1)8-4-9-8/h13-18H,1-12H2;9-14H,1-8H2;8-13H,1-7H2;5-8H,1-4H2. The van der Waals surface area contributed by atoms with Crippen LogP contribution in [-0.2, 0) is 76.0 Å². The van der Waals surface area contributed by atoms with Crippen molar-refractivity contribution in [1.82, 2.24) is 0 Å². The van der Waals surface area contributed by atoms with Gasteiger partial charge in [-0.3, -0.25) is 14.4 Å². The predicted octanol–water partition coefficient (Wildman–Crippen LogP) is 7.25. The predicted molar refractivity (Wildman–Crippen MR) is 258 cm³/mol. The fourth-order valence-electron chi connectivity index (χ4n) is 14.5. The molecule has 16 rings (SSSR count). The first kappa shape index (κ1) is 50.5. The molecule has 21 atom stereocenters. The number of esters is 3. The SMILES string of the molecule is C1CC2OC2CC1C1CO1.C1CC2OC2CC1C1OCC2(CCC3OC3C2)CO1.O=C(CCCCC(=O)OCC1CCC2OC2C1)OCC1CCC2OC2C1.O=C(OCC1CCC2OC2C1)C1CCC2OC2C1. The van der Waals surface area contributed by atoms with Crippen LogP contribution in [0, 0.1) is 40.9 Å². The normalized spacial score (nSPS) is 48.7. The molecule has 73 heavy (non-hydrogen) atoms. The highest BCUT2D eigenvalue weighted by molar-refractivity contribution is 5.72.